The Bertz CT molecular complexity index is 838. The van der Waals surface area contributed by atoms with Gasteiger partial charge >= 0.3 is 0 Å². The van der Waals surface area contributed by atoms with Crippen molar-refractivity contribution in [2.75, 3.05) is 6.54 Å². The molecule has 0 aliphatic heterocycles. The van der Waals surface area contributed by atoms with Crippen LogP contribution in [-0.2, 0) is 19.5 Å². The van der Waals surface area contributed by atoms with Crippen molar-refractivity contribution >= 4 is 11.3 Å². The maximum absolute atomic E-state index is 11.1. The molecule has 0 amide bonds. The SMILES string of the molecule is O[C@H]1[C@H](N(CCc2ccccc2)Cc2cccs2)CC[C@H]1NCc1ccccc1. The minimum atomic E-state index is -0.338. The van der Waals surface area contributed by atoms with Crippen molar-refractivity contribution in [3.8, 4) is 0 Å². The van der Waals surface area contributed by atoms with Gasteiger partial charge in [-0.1, -0.05) is 66.7 Å². The fourth-order valence-electron chi connectivity index (χ4n) is 4.31. The number of hydrogen-bond acceptors (Lipinski definition) is 4. The lowest BCUT2D eigenvalue weighted by Gasteiger charge is -2.32. The maximum atomic E-state index is 11.1. The molecule has 0 radical (unpaired) electrons. The minimum Gasteiger partial charge on any atom is -0.390 e. The Balaban J connectivity index is 1.39. The smallest absolute Gasteiger partial charge is 0.0848 e. The molecule has 0 saturated heterocycles. The average molecular weight is 407 g/mol. The number of aliphatic hydroxyl groups is 1. The highest BCUT2D eigenvalue weighted by Gasteiger charge is 2.37. The van der Waals surface area contributed by atoms with Crippen molar-refractivity contribution in [1.82, 2.24) is 10.2 Å². The molecule has 1 heterocycles. The molecule has 3 nitrogen and oxygen atoms in total. The highest BCUT2D eigenvalue weighted by atomic mass is 32.1. The molecule has 2 aromatic carbocycles. The third kappa shape index (κ3) is 5.55. The topological polar surface area (TPSA) is 35.5 Å². The second kappa shape index (κ2) is 10.2. The predicted molar refractivity (Wildman–Crippen MR) is 121 cm³/mol. The van der Waals surface area contributed by atoms with E-state index in [2.05, 4.69) is 82.3 Å². The van der Waals surface area contributed by atoms with Crippen LogP contribution >= 0.6 is 11.3 Å². The summed E-state index contributed by atoms with van der Waals surface area (Å²) in [7, 11) is 0. The van der Waals surface area contributed by atoms with E-state index < -0.39 is 0 Å². The van der Waals surface area contributed by atoms with Gasteiger partial charge in [0.05, 0.1) is 6.10 Å². The minimum absolute atomic E-state index is 0.155. The first-order chi connectivity index (χ1) is 14.3. The van der Waals surface area contributed by atoms with Crippen LogP contribution in [0.3, 0.4) is 0 Å². The van der Waals surface area contributed by atoms with Gasteiger partial charge in [0.2, 0.25) is 0 Å². The number of nitrogens with zero attached hydrogens (tertiary/aromatic N) is 1. The molecular weight excluding hydrogens is 376 g/mol. The van der Waals surface area contributed by atoms with E-state index in [9.17, 15) is 5.11 Å². The van der Waals surface area contributed by atoms with Crippen LogP contribution in [0.2, 0.25) is 0 Å². The first kappa shape index (κ1) is 20.3. The van der Waals surface area contributed by atoms with E-state index in [1.54, 1.807) is 11.3 Å². The Labute approximate surface area is 178 Å². The van der Waals surface area contributed by atoms with Crippen LogP contribution in [0.1, 0.15) is 28.8 Å². The average Bonchev–Trinajstić information content (AvgIpc) is 3.41. The lowest BCUT2D eigenvalue weighted by atomic mass is 10.1. The first-order valence-electron chi connectivity index (χ1n) is 10.6. The normalized spacial score (nSPS) is 21.7. The summed E-state index contributed by atoms with van der Waals surface area (Å²) in [6, 6.07) is 25.8. The van der Waals surface area contributed by atoms with Crippen LogP contribution in [0.25, 0.3) is 0 Å². The van der Waals surface area contributed by atoms with Gasteiger partial charge in [0.1, 0.15) is 0 Å². The van der Waals surface area contributed by atoms with E-state index in [0.29, 0.717) is 0 Å². The van der Waals surface area contributed by atoms with E-state index in [4.69, 9.17) is 0 Å². The molecule has 1 aromatic heterocycles. The number of benzene rings is 2. The molecule has 3 atom stereocenters. The van der Waals surface area contributed by atoms with E-state index >= 15 is 0 Å². The molecular formula is C25H30N2OS. The zero-order chi connectivity index (χ0) is 19.9. The van der Waals surface area contributed by atoms with E-state index in [0.717, 1.165) is 38.9 Å². The lowest BCUT2D eigenvalue weighted by molar-refractivity contribution is 0.0520. The summed E-state index contributed by atoms with van der Waals surface area (Å²) in [4.78, 5) is 3.86. The van der Waals surface area contributed by atoms with E-state index in [1.165, 1.54) is 16.0 Å². The van der Waals surface area contributed by atoms with Crippen LogP contribution in [-0.4, -0.2) is 34.7 Å². The fourth-order valence-corrected chi connectivity index (χ4v) is 5.04. The van der Waals surface area contributed by atoms with Crippen molar-refractivity contribution < 1.29 is 5.11 Å². The van der Waals surface area contributed by atoms with Gasteiger partial charge in [-0.25, -0.2) is 0 Å². The Kier molecular flexibility index (Phi) is 7.12. The molecule has 29 heavy (non-hydrogen) atoms. The van der Waals surface area contributed by atoms with Crippen molar-refractivity contribution in [1.29, 1.82) is 0 Å². The van der Waals surface area contributed by atoms with Gasteiger partial charge in [0.15, 0.2) is 0 Å². The Morgan fingerprint density at radius 2 is 1.62 bits per heavy atom. The third-order valence-electron chi connectivity index (χ3n) is 5.93. The zero-order valence-electron chi connectivity index (χ0n) is 16.8. The monoisotopic (exact) mass is 406 g/mol. The Hall–Kier alpha value is -1.98. The van der Waals surface area contributed by atoms with E-state index in [-0.39, 0.29) is 18.2 Å². The molecule has 1 aliphatic carbocycles. The van der Waals surface area contributed by atoms with E-state index in [1.807, 2.05) is 6.07 Å². The lowest BCUT2D eigenvalue weighted by Crippen LogP contribution is -2.47. The van der Waals surface area contributed by atoms with Gasteiger partial charge in [0.25, 0.3) is 0 Å². The summed E-state index contributed by atoms with van der Waals surface area (Å²) >= 11 is 1.80. The number of rotatable bonds is 9. The molecule has 152 valence electrons. The summed E-state index contributed by atoms with van der Waals surface area (Å²) in [5.74, 6) is 0. The fraction of sp³-hybridized carbons (Fsp3) is 0.360. The van der Waals surface area contributed by atoms with Crippen LogP contribution in [0.4, 0.5) is 0 Å². The largest absolute Gasteiger partial charge is 0.390 e. The van der Waals surface area contributed by atoms with Gasteiger partial charge in [0, 0.05) is 36.6 Å². The zero-order valence-corrected chi connectivity index (χ0v) is 17.6. The van der Waals surface area contributed by atoms with Gasteiger partial charge < -0.3 is 10.4 Å². The van der Waals surface area contributed by atoms with Crippen LogP contribution in [0.5, 0.6) is 0 Å². The number of nitrogens with one attached hydrogen (secondary N) is 1. The second-order valence-electron chi connectivity index (χ2n) is 7.89. The quantitative estimate of drug-likeness (QED) is 0.550. The number of thiophene rings is 1. The molecule has 0 spiro atoms. The molecule has 0 unspecified atom stereocenters. The predicted octanol–water partition coefficient (Wildman–Crippen LogP) is 4.47. The summed E-state index contributed by atoms with van der Waals surface area (Å²) < 4.78 is 0. The van der Waals surface area contributed by atoms with Crippen molar-refractivity contribution in [2.45, 2.75) is 50.5 Å². The van der Waals surface area contributed by atoms with Crippen LogP contribution < -0.4 is 5.32 Å². The van der Waals surface area contributed by atoms with Gasteiger partial charge in [-0.3, -0.25) is 4.90 Å². The molecule has 1 fully saturated rings. The number of hydrogen-bond donors (Lipinski definition) is 2. The molecule has 0 bridgehead atoms. The molecule has 4 heteroatoms. The molecule has 1 saturated carbocycles. The summed E-state index contributed by atoms with van der Waals surface area (Å²) in [5.41, 5.74) is 2.62. The Morgan fingerprint density at radius 1 is 0.897 bits per heavy atom. The molecule has 3 aromatic rings. The second-order valence-corrected chi connectivity index (χ2v) is 8.93. The standard InChI is InChI=1S/C25H30N2OS/c28-25-23(26-18-21-10-5-2-6-11-21)13-14-24(25)27(19-22-12-7-17-29-22)16-15-20-8-3-1-4-9-20/h1-12,17,23-26,28H,13-16,18-19H2/t23-,24-,25-/m1/s1. The van der Waals surface area contributed by atoms with Crippen molar-refractivity contribution in [3.05, 3.63) is 94.2 Å². The van der Waals surface area contributed by atoms with Crippen LogP contribution in [0.15, 0.2) is 78.2 Å². The molecule has 4 rings (SSSR count). The van der Waals surface area contributed by atoms with Gasteiger partial charge in [-0.05, 0) is 41.8 Å². The first-order valence-corrected chi connectivity index (χ1v) is 11.4. The van der Waals surface area contributed by atoms with Crippen molar-refractivity contribution in [3.63, 3.8) is 0 Å². The Morgan fingerprint density at radius 3 is 2.31 bits per heavy atom. The number of aliphatic hydroxyl groups excluding tert-OH is 1. The molecule has 2 N–H and O–H groups in total. The van der Waals surface area contributed by atoms with Crippen molar-refractivity contribution in [2.24, 2.45) is 0 Å². The summed E-state index contributed by atoms with van der Waals surface area (Å²) in [6.45, 7) is 2.69. The van der Waals surface area contributed by atoms with Crippen LogP contribution in [0, 0.1) is 0 Å². The highest BCUT2D eigenvalue weighted by Crippen LogP contribution is 2.28. The molecule has 1 aliphatic rings. The maximum Gasteiger partial charge on any atom is 0.0848 e. The van der Waals surface area contributed by atoms with Gasteiger partial charge in [-0.2, -0.15) is 0 Å². The third-order valence-corrected chi connectivity index (χ3v) is 6.79. The van der Waals surface area contributed by atoms with Gasteiger partial charge in [-0.15, -0.1) is 11.3 Å². The summed E-state index contributed by atoms with van der Waals surface area (Å²) in [5, 5.41) is 16.9. The highest BCUT2D eigenvalue weighted by molar-refractivity contribution is 7.09. The summed E-state index contributed by atoms with van der Waals surface area (Å²) in [6.07, 6.45) is 2.73.